The summed E-state index contributed by atoms with van der Waals surface area (Å²) in [4.78, 5) is 17.2. The number of hydrogen-bond donors (Lipinski definition) is 1. The van der Waals surface area contributed by atoms with Crippen LogP contribution >= 0.6 is 12.6 Å². The summed E-state index contributed by atoms with van der Waals surface area (Å²) in [7, 11) is 0. The van der Waals surface area contributed by atoms with Gasteiger partial charge in [0.15, 0.2) is 0 Å². The average molecular weight is 219 g/mol. The molecule has 5 heteroatoms. The fraction of sp³-hybridized carbons (Fsp3) is 0.300. The molecule has 2 rings (SSSR count). The Kier molecular flexibility index (Phi) is 2.60. The van der Waals surface area contributed by atoms with Gasteiger partial charge >= 0.3 is 0 Å². The third-order valence-electron chi connectivity index (χ3n) is 2.26. The van der Waals surface area contributed by atoms with E-state index in [9.17, 15) is 4.79 Å². The molecule has 1 aliphatic heterocycles. The van der Waals surface area contributed by atoms with E-state index in [0.29, 0.717) is 24.3 Å². The largest absolute Gasteiger partial charge is 0.296 e. The van der Waals surface area contributed by atoms with E-state index in [-0.39, 0.29) is 11.2 Å². The molecule has 76 valence electrons. The van der Waals surface area contributed by atoms with E-state index in [1.165, 1.54) is 6.20 Å². The van der Waals surface area contributed by atoms with Gasteiger partial charge in [-0.3, -0.25) is 9.69 Å². The second kappa shape index (κ2) is 3.91. The van der Waals surface area contributed by atoms with Gasteiger partial charge in [0.2, 0.25) is 5.91 Å². The Morgan fingerprint density at radius 2 is 2.47 bits per heavy atom. The van der Waals surface area contributed by atoms with E-state index in [2.05, 4.69) is 17.6 Å². The molecule has 0 aromatic carbocycles. The van der Waals surface area contributed by atoms with Crippen LogP contribution in [0.2, 0.25) is 0 Å². The number of carbonyl (C=O) groups is 1. The predicted octanol–water partition coefficient (Wildman–Crippen LogP) is 0.988. The van der Waals surface area contributed by atoms with Crippen LogP contribution in [0, 0.1) is 11.3 Å². The van der Waals surface area contributed by atoms with Gasteiger partial charge in [-0.05, 0) is 12.1 Å². The van der Waals surface area contributed by atoms with E-state index in [4.69, 9.17) is 5.26 Å². The first kappa shape index (κ1) is 9.99. The van der Waals surface area contributed by atoms with E-state index in [0.717, 1.165) is 0 Å². The fourth-order valence-electron chi connectivity index (χ4n) is 1.55. The Balaban J connectivity index is 2.30. The van der Waals surface area contributed by atoms with Crippen molar-refractivity contribution >= 4 is 24.4 Å². The van der Waals surface area contributed by atoms with Crippen LogP contribution in [0.15, 0.2) is 18.3 Å². The molecule has 15 heavy (non-hydrogen) atoms. The SMILES string of the molecule is N#Cc1ccnc(N2CC(S)CC2=O)c1. The summed E-state index contributed by atoms with van der Waals surface area (Å²) in [5.41, 5.74) is 0.510. The molecule has 1 aromatic rings. The maximum atomic E-state index is 11.5. The zero-order valence-electron chi connectivity index (χ0n) is 7.92. The van der Waals surface area contributed by atoms with Crippen LogP contribution < -0.4 is 4.90 Å². The Bertz CT molecular complexity index is 441. The summed E-state index contributed by atoms with van der Waals surface area (Å²) in [6.45, 7) is 0.559. The summed E-state index contributed by atoms with van der Waals surface area (Å²) < 4.78 is 0. The zero-order chi connectivity index (χ0) is 10.8. The van der Waals surface area contributed by atoms with Crippen LogP contribution in [0.1, 0.15) is 12.0 Å². The Morgan fingerprint density at radius 1 is 1.67 bits per heavy atom. The first-order valence-corrected chi connectivity index (χ1v) is 5.07. The molecule has 0 radical (unpaired) electrons. The number of thiol groups is 1. The molecule has 0 spiro atoms. The quantitative estimate of drug-likeness (QED) is 0.716. The molecule has 0 N–H and O–H groups in total. The normalized spacial score (nSPS) is 20.4. The van der Waals surface area contributed by atoms with Gasteiger partial charge in [0.05, 0.1) is 11.6 Å². The van der Waals surface area contributed by atoms with Gasteiger partial charge in [-0.1, -0.05) is 0 Å². The van der Waals surface area contributed by atoms with Crippen LogP contribution in [-0.4, -0.2) is 22.7 Å². The van der Waals surface area contributed by atoms with Crippen molar-refractivity contribution in [2.45, 2.75) is 11.7 Å². The summed E-state index contributed by atoms with van der Waals surface area (Å²) >= 11 is 4.25. The number of rotatable bonds is 1. The van der Waals surface area contributed by atoms with Crippen molar-refractivity contribution in [2.24, 2.45) is 0 Å². The smallest absolute Gasteiger partial charge is 0.229 e. The molecule has 0 aliphatic carbocycles. The minimum Gasteiger partial charge on any atom is -0.296 e. The van der Waals surface area contributed by atoms with Crippen LogP contribution in [0.4, 0.5) is 5.82 Å². The van der Waals surface area contributed by atoms with Crippen LogP contribution in [-0.2, 0) is 4.79 Å². The van der Waals surface area contributed by atoms with Crippen LogP contribution in [0.5, 0.6) is 0 Å². The van der Waals surface area contributed by atoms with Crippen LogP contribution in [0.25, 0.3) is 0 Å². The molecule has 1 atom stereocenters. The Hall–Kier alpha value is -1.54. The number of aromatic nitrogens is 1. The molecule has 1 aromatic heterocycles. The Labute approximate surface area is 92.9 Å². The lowest BCUT2D eigenvalue weighted by molar-refractivity contribution is -0.117. The van der Waals surface area contributed by atoms with Crippen molar-refractivity contribution in [3.8, 4) is 6.07 Å². The van der Waals surface area contributed by atoms with Gasteiger partial charge in [-0.25, -0.2) is 4.98 Å². The van der Waals surface area contributed by atoms with Gasteiger partial charge in [0.1, 0.15) is 5.82 Å². The van der Waals surface area contributed by atoms with Gasteiger partial charge in [0.25, 0.3) is 0 Å². The number of anilines is 1. The summed E-state index contributed by atoms with van der Waals surface area (Å²) in [5.74, 6) is 0.549. The lowest BCUT2D eigenvalue weighted by Gasteiger charge is -2.14. The van der Waals surface area contributed by atoms with Crippen molar-refractivity contribution in [1.29, 1.82) is 5.26 Å². The number of carbonyl (C=O) groups excluding carboxylic acids is 1. The lowest BCUT2D eigenvalue weighted by atomic mass is 10.3. The number of amides is 1. The number of hydrogen-bond acceptors (Lipinski definition) is 4. The topological polar surface area (TPSA) is 57.0 Å². The van der Waals surface area contributed by atoms with Gasteiger partial charge < -0.3 is 0 Å². The number of nitrogens with zero attached hydrogens (tertiary/aromatic N) is 3. The van der Waals surface area contributed by atoms with Gasteiger partial charge in [0, 0.05) is 24.4 Å². The molecular weight excluding hydrogens is 210 g/mol. The summed E-state index contributed by atoms with van der Waals surface area (Å²) in [5, 5.41) is 8.79. The lowest BCUT2D eigenvalue weighted by Crippen LogP contribution is -2.25. The first-order chi connectivity index (χ1) is 7.20. The van der Waals surface area contributed by atoms with Crippen LogP contribution in [0.3, 0.4) is 0 Å². The molecule has 0 saturated carbocycles. The first-order valence-electron chi connectivity index (χ1n) is 4.55. The van der Waals surface area contributed by atoms with Crippen molar-refractivity contribution < 1.29 is 4.79 Å². The van der Waals surface area contributed by atoms with E-state index in [1.54, 1.807) is 17.0 Å². The third kappa shape index (κ3) is 1.95. The molecular formula is C10H9N3OS. The maximum Gasteiger partial charge on any atom is 0.229 e. The fourth-order valence-corrected chi connectivity index (χ4v) is 1.87. The minimum absolute atomic E-state index is 0.0117. The van der Waals surface area contributed by atoms with Gasteiger partial charge in [-0.2, -0.15) is 17.9 Å². The third-order valence-corrected chi connectivity index (χ3v) is 2.60. The zero-order valence-corrected chi connectivity index (χ0v) is 8.82. The standard InChI is InChI=1S/C10H9N3OS/c11-5-7-1-2-12-9(3-7)13-6-8(15)4-10(13)14/h1-3,8,15H,4,6H2. The highest BCUT2D eigenvalue weighted by molar-refractivity contribution is 7.81. The number of pyridine rings is 1. The number of nitriles is 1. The molecule has 1 saturated heterocycles. The highest BCUT2D eigenvalue weighted by atomic mass is 32.1. The van der Waals surface area contributed by atoms with Crippen molar-refractivity contribution in [3.05, 3.63) is 23.9 Å². The molecule has 1 fully saturated rings. The monoisotopic (exact) mass is 219 g/mol. The maximum absolute atomic E-state index is 11.5. The van der Waals surface area contributed by atoms with E-state index < -0.39 is 0 Å². The van der Waals surface area contributed by atoms with Crippen molar-refractivity contribution in [1.82, 2.24) is 4.98 Å². The molecule has 2 heterocycles. The predicted molar refractivity (Wildman–Crippen MR) is 58.7 cm³/mol. The molecule has 1 unspecified atom stereocenters. The molecule has 1 amide bonds. The highest BCUT2D eigenvalue weighted by Crippen LogP contribution is 2.22. The molecule has 0 bridgehead atoms. The second-order valence-corrected chi connectivity index (χ2v) is 4.11. The van der Waals surface area contributed by atoms with Gasteiger partial charge in [-0.15, -0.1) is 0 Å². The second-order valence-electron chi connectivity index (χ2n) is 3.38. The van der Waals surface area contributed by atoms with Crippen molar-refractivity contribution in [3.63, 3.8) is 0 Å². The van der Waals surface area contributed by atoms with E-state index in [1.807, 2.05) is 6.07 Å². The minimum atomic E-state index is 0.0117. The highest BCUT2D eigenvalue weighted by Gasteiger charge is 2.29. The molecule has 1 aliphatic rings. The van der Waals surface area contributed by atoms with E-state index >= 15 is 0 Å². The van der Waals surface area contributed by atoms with Crippen molar-refractivity contribution in [2.75, 3.05) is 11.4 Å². The summed E-state index contributed by atoms with van der Waals surface area (Å²) in [6, 6.07) is 5.25. The Morgan fingerprint density at radius 3 is 3.07 bits per heavy atom. The molecule has 4 nitrogen and oxygen atoms in total. The summed E-state index contributed by atoms with van der Waals surface area (Å²) in [6.07, 6.45) is 1.97. The average Bonchev–Trinajstić information content (AvgIpc) is 2.58.